The topological polar surface area (TPSA) is 84.0 Å². The van der Waals surface area contributed by atoms with Crippen LogP contribution in [0, 0.1) is 0 Å². The van der Waals surface area contributed by atoms with E-state index in [-0.39, 0.29) is 6.09 Å². The number of nitrogens with zero attached hydrogens (tertiary/aromatic N) is 2. The van der Waals surface area contributed by atoms with Crippen LogP contribution in [0.2, 0.25) is 0 Å². The van der Waals surface area contributed by atoms with E-state index >= 15 is 0 Å². The summed E-state index contributed by atoms with van der Waals surface area (Å²) in [5.74, 6) is 0. The quantitative estimate of drug-likeness (QED) is 0.397. The number of ether oxygens (including phenoxy) is 4. The van der Waals surface area contributed by atoms with Crippen LogP contribution < -0.4 is 0 Å². The summed E-state index contributed by atoms with van der Waals surface area (Å²) in [5.41, 5.74) is 0. The highest BCUT2D eigenvalue weighted by molar-refractivity contribution is 5.67. The third kappa shape index (κ3) is 8.82. The van der Waals surface area contributed by atoms with Gasteiger partial charge in [-0.15, -0.1) is 0 Å². The van der Waals surface area contributed by atoms with Crippen LogP contribution in [-0.2, 0) is 18.9 Å². The van der Waals surface area contributed by atoms with E-state index in [0.29, 0.717) is 58.6 Å². The van der Waals surface area contributed by atoms with Crippen molar-refractivity contribution in [3.8, 4) is 0 Å². The minimum absolute atomic E-state index is 0.232. The van der Waals surface area contributed by atoms with Gasteiger partial charge in [0.1, 0.15) is 6.10 Å². The number of aliphatic hydroxyl groups excluding tert-OH is 1. The highest BCUT2D eigenvalue weighted by Gasteiger charge is 2.22. The SMILES string of the molecule is CCOC(=O)N1CCN(CCC(O)COCCCOCC2CO2)CC1. The molecule has 2 heterocycles. The van der Waals surface area contributed by atoms with Crippen LogP contribution in [0.4, 0.5) is 4.79 Å². The summed E-state index contributed by atoms with van der Waals surface area (Å²) < 4.78 is 21.0. The summed E-state index contributed by atoms with van der Waals surface area (Å²) in [6.07, 6.45) is 1.12. The lowest BCUT2D eigenvalue weighted by atomic mass is 10.2. The Hall–Kier alpha value is -0.930. The summed E-state index contributed by atoms with van der Waals surface area (Å²) in [6.45, 7) is 9.13. The van der Waals surface area contributed by atoms with E-state index in [4.69, 9.17) is 18.9 Å². The van der Waals surface area contributed by atoms with E-state index in [1.54, 1.807) is 4.90 Å². The van der Waals surface area contributed by atoms with Crippen molar-refractivity contribution in [1.82, 2.24) is 9.80 Å². The third-order valence-electron chi connectivity index (χ3n) is 4.27. The molecule has 2 rings (SSSR count). The fourth-order valence-electron chi connectivity index (χ4n) is 2.65. The predicted molar refractivity (Wildman–Crippen MR) is 91.7 cm³/mol. The van der Waals surface area contributed by atoms with Crippen LogP contribution in [0.1, 0.15) is 19.8 Å². The summed E-state index contributed by atoms with van der Waals surface area (Å²) in [6, 6.07) is 0. The Morgan fingerprint density at radius 2 is 1.96 bits per heavy atom. The van der Waals surface area contributed by atoms with Crippen LogP contribution >= 0.6 is 0 Å². The first kappa shape index (κ1) is 20.4. The van der Waals surface area contributed by atoms with Gasteiger partial charge in [0.2, 0.25) is 0 Å². The van der Waals surface area contributed by atoms with Gasteiger partial charge in [-0.2, -0.15) is 0 Å². The van der Waals surface area contributed by atoms with Gasteiger partial charge in [0, 0.05) is 45.9 Å². The molecular formula is C17H32N2O6. The molecule has 25 heavy (non-hydrogen) atoms. The van der Waals surface area contributed by atoms with E-state index in [1.165, 1.54) is 0 Å². The van der Waals surface area contributed by atoms with E-state index in [2.05, 4.69) is 4.90 Å². The molecule has 1 N–H and O–H groups in total. The number of epoxide rings is 1. The molecule has 0 aromatic heterocycles. The maximum absolute atomic E-state index is 11.6. The van der Waals surface area contributed by atoms with Crippen molar-refractivity contribution in [3.05, 3.63) is 0 Å². The molecule has 0 aliphatic carbocycles. The van der Waals surface area contributed by atoms with Crippen LogP contribution in [0.25, 0.3) is 0 Å². The zero-order valence-electron chi connectivity index (χ0n) is 15.2. The normalized spacial score (nSPS) is 22.0. The van der Waals surface area contributed by atoms with Gasteiger partial charge in [-0.25, -0.2) is 4.79 Å². The second-order valence-corrected chi connectivity index (χ2v) is 6.43. The summed E-state index contributed by atoms with van der Waals surface area (Å²) in [4.78, 5) is 15.6. The molecule has 2 atom stereocenters. The van der Waals surface area contributed by atoms with Crippen molar-refractivity contribution in [3.63, 3.8) is 0 Å². The first-order valence-corrected chi connectivity index (χ1v) is 9.28. The number of rotatable bonds is 12. The number of hydrogen-bond donors (Lipinski definition) is 1. The van der Waals surface area contributed by atoms with Crippen molar-refractivity contribution in [1.29, 1.82) is 0 Å². The smallest absolute Gasteiger partial charge is 0.409 e. The average Bonchev–Trinajstić information content (AvgIpc) is 3.44. The monoisotopic (exact) mass is 360 g/mol. The molecule has 2 saturated heterocycles. The Bertz CT molecular complexity index is 372. The van der Waals surface area contributed by atoms with Crippen molar-refractivity contribution < 1.29 is 28.8 Å². The zero-order valence-corrected chi connectivity index (χ0v) is 15.2. The lowest BCUT2D eigenvalue weighted by Crippen LogP contribution is -2.49. The number of amides is 1. The second-order valence-electron chi connectivity index (χ2n) is 6.43. The highest BCUT2D eigenvalue weighted by Crippen LogP contribution is 2.08. The first-order chi connectivity index (χ1) is 12.2. The molecular weight excluding hydrogens is 328 g/mol. The Balaban J connectivity index is 1.41. The van der Waals surface area contributed by atoms with E-state index in [0.717, 1.165) is 32.7 Å². The second kappa shape index (κ2) is 11.6. The van der Waals surface area contributed by atoms with Crippen LogP contribution in [0.3, 0.4) is 0 Å². The lowest BCUT2D eigenvalue weighted by Gasteiger charge is -2.34. The van der Waals surface area contributed by atoms with Gasteiger partial charge in [-0.1, -0.05) is 0 Å². The van der Waals surface area contributed by atoms with Gasteiger partial charge in [0.15, 0.2) is 0 Å². The van der Waals surface area contributed by atoms with Crippen molar-refractivity contribution >= 4 is 6.09 Å². The molecule has 0 aromatic carbocycles. The number of piperazine rings is 1. The van der Waals surface area contributed by atoms with Crippen LogP contribution in [0.15, 0.2) is 0 Å². The van der Waals surface area contributed by atoms with Gasteiger partial charge in [0.25, 0.3) is 0 Å². The van der Waals surface area contributed by atoms with Crippen LogP contribution in [-0.4, -0.2) is 106 Å². The molecule has 0 bridgehead atoms. The van der Waals surface area contributed by atoms with Gasteiger partial charge < -0.3 is 29.0 Å². The Morgan fingerprint density at radius 1 is 1.24 bits per heavy atom. The van der Waals surface area contributed by atoms with Crippen molar-refractivity contribution in [2.75, 3.05) is 72.4 Å². The lowest BCUT2D eigenvalue weighted by molar-refractivity contribution is 0.0136. The minimum atomic E-state index is -0.455. The molecule has 8 heteroatoms. The van der Waals surface area contributed by atoms with E-state index in [9.17, 15) is 9.90 Å². The molecule has 146 valence electrons. The molecule has 0 saturated carbocycles. The molecule has 0 radical (unpaired) electrons. The molecule has 0 aromatic rings. The van der Waals surface area contributed by atoms with Gasteiger partial charge in [0.05, 0.1) is 32.5 Å². The van der Waals surface area contributed by atoms with Crippen molar-refractivity contribution in [2.24, 2.45) is 0 Å². The molecule has 2 fully saturated rings. The largest absolute Gasteiger partial charge is 0.450 e. The summed E-state index contributed by atoms with van der Waals surface area (Å²) in [5, 5.41) is 9.99. The number of hydrogen-bond acceptors (Lipinski definition) is 7. The zero-order chi connectivity index (χ0) is 17.9. The van der Waals surface area contributed by atoms with Gasteiger partial charge in [-0.05, 0) is 19.8 Å². The average molecular weight is 360 g/mol. The van der Waals surface area contributed by atoms with Gasteiger partial charge >= 0.3 is 6.09 Å². The number of carbonyl (C=O) groups is 1. The number of aliphatic hydroxyl groups is 1. The molecule has 0 spiro atoms. The maximum Gasteiger partial charge on any atom is 0.409 e. The Labute approximate surface area is 149 Å². The molecule has 2 aliphatic rings. The third-order valence-corrected chi connectivity index (χ3v) is 4.27. The molecule has 1 amide bonds. The fourth-order valence-corrected chi connectivity index (χ4v) is 2.65. The van der Waals surface area contributed by atoms with E-state index < -0.39 is 6.10 Å². The Morgan fingerprint density at radius 3 is 2.64 bits per heavy atom. The van der Waals surface area contributed by atoms with Gasteiger partial charge in [-0.3, -0.25) is 4.90 Å². The predicted octanol–water partition coefficient (Wildman–Crippen LogP) is 0.334. The highest BCUT2D eigenvalue weighted by atomic mass is 16.6. The first-order valence-electron chi connectivity index (χ1n) is 9.28. The maximum atomic E-state index is 11.6. The van der Waals surface area contributed by atoms with E-state index in [1.807, 2.05) is 6.92 Å². The standard InChI is InChI=1S/C17H32N2O6/c1-2-24-17(21)19-8-6-18(7-9-19)5-4-15(20)12-22-10-3-11-23-13-16-14-25-16/h15-16,20H,2-14H2,1H3. The molecule has 2 unspecified atom stereocenters. The van der Waals surface area contributed by atoms with Crippen molar-refractivity contribution in [2.45, 2.75) is 32.0 Å². The molecule has 2 aliphatic heterocycles. The number of carbonyl (C=O) groups excluding carboxylic acids is 1. The van der Waals surface area contributed by atoms with Crippen LogP contribution in [0.5, 0.6) is 0 Å². The fraction of sp³-hybridized carbons (Fsp3) is 0.941. The summed E-state index contributed by atoms with van der Waals surface area (Å²) in [7, 11) is 0. The summed E-state index contributed by atoms with van der Waals surface area (Å²) >= 11 is 0. The molecule has 8 nitrogen and oxygen atoms in total. The Kier molecular flexibility index (Phi) is 9.49. The minimum Gasteiger partial charge on any atom is -0.450 e.